The van der Waals surface area contributed by atoms with Gasteiger partial charge in [0.1, 0.15) is 42.9 Å². The van der Waals surface area contributed by atoms with Crippen LogP contribution in [0.3, 0.4) is 0 Å². The molecule has 14 nitrogen and oxygen atoms in total. The van der Waals surface area contributed by atoms with Crippen molar-refractivity contribution >= 4 is 29.1 Å². The summed E-state index contributed by atoms with van der Waals surface area (Å²) in [6.07, 6.45) is -3.66. The van der Waals surface area contributed by atoms with E-state index in [0.29, 0.717) is 77.9 Å². The third-order valence-electron chi connectivity index (χ3n) is 9.21. The van der Waals surface area contributed by atoms with Crippen LogP contribution in [0.1, 0.15) is 32.6 Å². The van der Waals surface area contributed by atoms with E-state index >= 15 is 0 Å². The van der Waals surface area contributed by atoms with Crippen molar-refractivity contribution in [3.63, 3.8) is 0 Å². The Morgan fingerprint density at radius 3 is 2.09 bits per heavy atom. The molecular formula is C48H50F4N4O10. The van der Waals surface area contributed by atoms with Crippen LogP contribution in [0.4, 0.5) is 28.9 Å². The molecule has 0 aliphatic heterocycles. The SMILES string of the molecule is C=CC(=O)NCc1ccc(C(=O)Nc2ccccc2Oc2ccc(OCCOCCOCCOCC(=O)Nc3ccc(OCc4ccc(F)c(C(F)(F)F)c4)c(CNCCO)c3)cc2)cc1. The number of benzene rings is 5. The number of rotatable bonds is 27. The summed E-state index contributed by atoms with van der Waals surface area (Å²) in [5.41, 5.74) is 1.46. The molecule has 0 spiro atoms. The molecule has 0 aliphatic rings. The average Bonchev–Trinajstić information content (AvgIpc) is 3.31. The van der Waals surface area contributed by atoms with E-state index < -0.39 is 23.5 Å². The third-order valence-corrected chi connectivity index (χ3v) is 9.21. The molecule has 0 radical (unpaired) electrons. The largest absolute Gasteiger partial charge is 0.491 e. The Morgan fingerprint density at radius 1 is 0.697 bits per heavy atom. The fourth-order valence-electron chi connectivity index (χ4n) is 5.92. The lowest BCUT2D eigenvalue weighted by atomic mass is 10.1. The lowest BCUT2D eigenvalue weighted by molar-refractivity contribution is -0.140. The molecule has 5 aromatic rings. The van der Waals surface area contributed by atoms with Gasteiger partial charge in [-0.15, -0.1) is 0 Å². The summed E-state index contributed by atoms with van der Waals surface area (Å²) in [7, 11) is 0. The first-order chi connectivity index (χ1) is 31.9. The first-order valence-corrected chi connectivity index (χ1v) is 20.7. The van der Waals surface area contributed by atoms with E-state index in [1.807, 2.05) is 0 Å². The Morgan fingerprint density at radius 2 is 1.38 bits per heavy atom. The number of ether oxygens (including phenoxy) is 6. The maximum atomic E-state index is 13.7. The number of carbonyl (C=O) groups is 3. The maximum Gasteiger partial charge on any atom is 0.419 e. The minimum Gasteiger partial charge on any atom is -0.491 e. The van der Waals surface area contributed by atoms with Gasteiger partial charge in [0, 0.05) is 36.4 Å². The molecule has 5 N–H and O–H groups in total. The summed E-state index contributed by atoms with van der Waals surface area (Å²) < 4.78 is 87.2. The molecule has 0 saturated heterocycles. The summed E-state index contributed by atoms with van der Waals surface area (Å²) in [6, 6.07) is 28.3. The van der Waals surface area contributed by atoms with E-state index in [2.05, 4.69) is 27.8 Å². The van der Waals surface area contributed by atoms with Gasteiger partial charge in [0.2, 0.25) is 11.8 Å². The lowest BCUT2D eigenvalue weighted by Crippen LogP contribution is -2.21. The second kappa shape index (κ2) is 26.2. The summed E-state index contributed by atoms with van der Waals surface area (Å²) in [6.45, 7) is 5.13. The Labute approximate surface area is 378 Å². The molecule has 0 saturated carbocycles. The molecule has 3 amide bonds. The smallest absolute Gasteiger partial charge is 0.419 e. The summed E-state index contributed by atoms with van der Waals surface area (Å²) >= 11 is 0. The Bertz CT molecular complexity index is 2350. The number of aliphatic hydroxyl groups excluding tert-OH is 1. The Balaban J connectivity index is 0.933. The standard InChI is InChI=1S/C48H50F4N4O10/c1-2-45(58)54-29-33-7-10-35(11-8-33)47(60)56-42-5-3-4-6-44(42)66-39-15-13-38(14-16-39)64-26-25-62-22-21-61-23-24-63-32-46(59)55-37-12-18-43(36(28-37)30-53-19-20-57)65-31-34-9-17-41(49)40(27-34)48(50,51)52/h2-18,27-28,53,57H,1,19-26,29-32H2,(H,54,58)(H,55,59)(H,56,60). The van der Waals surface area contributed by atoms with Crippen molar-refractivity contribution < 1.29 is 65.5 Å². The van der Waals surface area contributed by atoms with Crippen molar-refractivity contribution in [3.8, 4) is 23.0 Å². The Kier molecular flexibility index (Phi) is 19.9. The molecule has 0 unspecified atom stereocenters. The first kappa shape index (κ1) is 50.2. The normalized spacial score (nSPS) is 11.1. The quantitative estimate of drug-likeness (QED) is 0.0202. The summed E-state index contributed by atoms with van der Waals surface area (Å²) in [4.78, 5) is 36.9. The highest BCUT2D eigenvalue weighted by Crippen LogP contribution is 2.33. The van der Waals surface area contributed by atoms with E-state index in [4.69, 9.17) is 33.5 Å². The van der Waals surface area contributed by atoms with Gasteiger partial charge in [-0.2, -0.15) is 13.2 Å². The lowest BCUT2D eigenvalue weighted by Gasteiger charge is -2.15. The highest BCUT2D eigenvalue weighted by Gasteiger charge is 2.34. The van der Waals surface area contributed by atoms with Gasteiger partial charge in [-0.1, -0.05) is 36.9 Å². The molecule has 0 heterocycles. The second-order valence-corrected chi connectivity index (χ2v) is 14.1. The minimum absolute atomic E-state index is 0.114. The number of anilines is 2. The van der Waals surface area contributed by atoms with Crippen molar-refractivity contribution in [3.05, 3.63) is 155 Å². The van der Waals surface area contributed by atoms with Gasteiger partial charge < -0.3 is 54.8 Å². The zero-order chi connectivity index (χ0) is 47.2. The van der Waals surface area contributed by atoms with Gasteiger partial charge in [0.25, 0.3) is 5.91 Å². The van der Waals surface area contributed by atoms with Crippen LogP contribution in [-0.2, 0) is 49.7 Å². The zero-order valence-electron chi connectivity index (χ0n) is 35.8. The summed E-state index contributed by atoms with van der Waals surface area (Å²) in [5, 5.41) is 20.4. The van der Waals surface area contributed by atoms with Crippen LogP contribution in [0.5, 0.6) is 23.0 Å². The fourth-order valence-corrected chi connectivity index (χ4v) is 5.92. The van der Waals surface area contributed by atoms with Gasteiger partial charge in [-0.3, -0.25) is 14.4 Å². The molecule has 350 valence electrons. The number of alkyl halides is 3. The van der Waals surface area contributed by atoms with E-state index in [1.165, 1.54) is 12.1 Å². The van der Waals surface area contributed by atoms with Crippen molar-refractivity contribution in [1.29, 1.82) is 0 Å². The average molecular weight is 919 g/mol. The molecule has 18 heteroatoms. The number of hydrogen-bond acceptors (Lipinski definition) is 11. The van der Waals surface area contributed by atoms with E-state index in [0.717, 1.165) is 11.6 Å². The third kappa shape index (κ3) is 16.9. The highest BCUT2D eigenvalue weighted by molar-refractivity contribution is 6.05. The van der Waals surface area contributed by atoms with Gasteiger partial charge in [0.15, 0.2) is 5.75 Å². The monoisotopic (exact) mass is 918 g/mol. The number of para-hydroxylation sites is 2. The number of amides is 3. The van der Waals surface area contributed by atoms with Crippen LogP contribution in [0.25, 0.3) is 0 Å². The van der Waals surface area contributed by atoms with E-state index in [1.54, 1.807) is 91.0 Å². The number of hydrogen-bond donors (Lipinski definition) is 5. The number of aliphatic hydroxyl groups is 1. The van der Waals surface area contributed by atoms with Crippen LogP contribution in [0.2, 0.25) is 0 Å². The van der Waals surface area contributed by atoms with Crippen LogP contribution in [0.15, 0.2) is 122 Å². The zero-order valence-corrected chi connectivity index (χ0v) is 35.8. The molecule has 0 aromatic heterocycles. The van der Waals surface area contributed by atoms with E-state index in [-0.39, 0.29) is 70.1 Å². The number of carbonyl (C=O) groups excluding carboxylic acids is 3. The second-order valence-electron chi connectivity index (χ2n) is 14.1. The molecule has 0 aliphatic carbocycles. The fraction of sp³-hybridized carbons (Fsp3) is 0.271. The minimum atomic E-state index is -4.85. The van der Waals surface area contributed by atoms with Gasteiger partial charge in [-0.05, 0) is 96.1 Å². The van der Waals surface area contributed by atoms with Crippen LogP contribution >= 0.6 is 0 Å². The van der Waals surface area contributed by atoms with Crippen LogP contribution < -0.4 is 35.5 Å². The molecule has 5 aromatic carbocycles. The first-order valence-electron chi connectivity index (χ1n) is 20.7. The van der Waals surface area contributed by atoms with Gasteiger partial charge >= 0.3 is 6.18 Å². The van der Waals surface area contributed by atoms with Crippen molar-refractivity contribution in [1.82, 2.24) is 10.6 Å². The Hall–Kier alpha value is -6.83. The predicted molar refractivity (Wildman–Crippen MR) is 237 cm³/mol. The molecule has 0 fully saturated rings. The molecule has 0 atom stereocenters. The molecule has 5 rings (SSSR count). The molecule has 0 bridgehead atoms. The van der Waals surface area contributed by atoms with Crippen molar-refractivity contribution in [2.45, 2.75) is 25.9 Å². The molecule has 66 heavy (non-hydrogen) atoms. The highest BCUT2D eigenvalue weighted by atomic mass is 19.4. The molecular weight excluding hydrogens is 869 g/mol. The van der Waals surface area contributed by atoms with Gasteiger partial charge in [0.05, 0.1) is 50.9 Å². The van der Waals surface area contributed by atoms with Gasteiger partial charge in [-0.25, -0.2) is 4.39 Å². The van der Waals surface area contributed by atoms with Crippen LogP contribution in [0, 0.1) is 5.82 Å². The number of halogens is 4. The topological polar surface area (TPSA) is 175 Å². The number of nitrogens with one attached hydrogen (secondary N) is 4. The maximum absolute atomic E-state index is 13.7. The van der Waals surface area contributed by atoms with Crippen LogP contribution in [-0.4, -0.2) is 82.2 Å². The summed E-state index contributed by atoms with van der Waals surface area (Å²) in [5.74, 6) is -0.518. The predicted octanol–water partition coefficient (Wildman–Crippen LogP) is 7.42. The van der Waals surface area contributed by atoms with Crippen molar-refractivity contribution in [2.75, 3.05) is 70.0 Å². The van der Waals surface area contributed by atoms with Crippen molar-refractivity contribution in [2.24, 2.45) is 0 Å². The van der Waals surface area contributed by atoms with E-state index in [9.17, 15) is 31.9 Å².